The summed E-state index contributed by atoms with van der Waals surface area (Å²) >= 11 is 0. The Morgan fingerprint density at radius 1 is 0.923 bits per heavy atom. The maximum Gasteiger partial charge on any atom is 0.203 e. The molecule has 0 aliphatic carbocycles. The second-order valence-electron chi connectivity index (χ2n) is 6.55. The Labute approximate surface area is 155 Å². The second-order valence-corrected chi connectivity index (χ2v) is 6.55. The van der Waals surface area contributed by atoms with Crippen LogP contribution >= 0.6 is 0 Å². The number of ether oxygens (including phenoxy) is 4. The van der Waals surface area contributed by atoms with E-state index >= 15 is 0 Å². The van der Waals surface area contributed by atoms with Gasteiger partial charge in [-0.2, -0.15) is 0 Å². The van der Waals surface area contributed by atoms with Gasteiger partial charge in [0.2, 0.25) is 5.75 Å². The van der Waals surface area contributed by atoms with Crippen LogP contribution in [0.5, 0.6) is 23.0 Å². The number of methoxy groups -OCH3 is 4. The molecule has 5 heteroatoms. The maximum atomic E-state index is 5.50. The first kappa shape index (κ1) is 18.4. The largest absolute Gasteiger partial charge is 0.497 e. The summed E-state index contributed by atoms with van der Waals surface area (Å²) < 4.78 is 21.8. The van der Waals surface area contributed by atoms with Crippen molar-refractivity contribution in [2.45, 2.75) is 18.9 Å². The van der Waals surface area contributed by atoms with Crippen molar-refractivity contribution in [2.75, 3.05) is 42.0 Å². The van der Waals surface area contributed by atoms with Crippen molar-refractivity contribution in [1.29, 1.82) is 0 Å². The first-order valence-corrected chi connectivity index (χ1v) is 8.77. The minimum Gasteiger partial charge on any atom is -0.497 e. The third-order valence-corrected chi connectivity index (χ3v) is 5.13. The molecule has 26 heavy (non-hydrogen) atoms. The van der Waals surface area contributed by atoms with Crippen LogP contribution in [0.25, 0.3) is 0 Å². The Kier molecular flexibility index (Phi) is 5.57. The predicted octanol–water partition coefficient (Wildman–Crippen LogP) is 3.49. The van der Waals surface area contributed by atoms with Crippen LogP contribution in [0.4, 0.5) is 0 Å². The van der Waals surface area contributed by atoms with Gasteiger partial charge in [-0.15, -0.1) is 0 Å². The molecule has 0 bridgehead atoms. The molecule has 2 aromatic carbocycles. The van der Waals surface area contributed by atoms with Gasteiger partial charge in [-0.05, 0) is 60.8 Å². The first-order valence-electron chi connectivity index (χ1n) is 8.77. The molecule has 1 unspecified atom stereocenters. The van der Waals surface area contributed by atoms with Crippen molar-refractivity contribution < 1.29 is 18.9 Å². The van der Waals surface area contributed by atoms with Crippen molar-refractivity contribution in [3.05, 3.63) is 47.0 Å². The van der Waals surface area contributed by atoms with E-state index in [0.29, 0.717) is 23.3 Å². The molecule has 1 atom stereocenters. The van der Waals surface area contributed by atoms with Crippen LogP contribution in [0.3, 0.4) is 0 Å². The Balaban J connectivity index is 1.96. The minimum atomic E-state index is 0.299. The van der Waals surface area contributed by atoms with Gasteiger partial charge < -0.3 is 18.9 Å². The molecular formula is C21H27NO4. The lowest BCUT2D eigenvalue weighted by molar-refractivity contribution is 0.228. The monoisotopic (exact) mass is 357 g/mol. The number of hydrogen-bond acceptors (Lipinski definition) is 5. The summed E-state index contributed by atoms with van der Waals surface area (Å²) in [7, 11) is 8.81. The average molecular weight is 357 g/mol. The van der Waals surface area contributed by atoms with Gasteiger partial charge in [0.15, 0.2) is 11.5 Å². The highest BCUT2D eigenvalue weighted by atomic mass is 16.5. The van der Waals surface area contributed by atoms with Crippen LogP contribution in [0.15, 0.2) is 30.3 Å². The van der Waals surface area contributed by atoms with Crippen LogP contribution in [0.1, 0.15) is 22.7 Å². The maximum absolute atomic E-state index is 5.50. The van der Waals surface area contributed by atoms with Crippen molar-refractivity contribution in [3.8, 4) is 23.0 Å². The van der Waals surface area contributed by atoms with Gasteiger partial charge in [0.25, 0.3) is 0 Å². The van der Waals surface area contributed by atoms with Gasteiger partial charge >= 0.3 is 0 Å². The number of fused-ring (bicyclic) bond motifs is 1. The van der Waals surface area contributed by atoms with Gasteiger partial charge in [0.1, 0.15) is 5.75 Å². The topological polar surface area (TPSA) is 40.2 Å². The fourth-order valence-electron chi connectivity index (χ4n) is 3.68. The smallest absolute Gasteiger partial charge is 0.203 e. The molecule has 0 radical (unpaired) electrons. The van der Waals surface area contributed by atoms with Gasteiger partial charge in [0, 0.05) is 12.6 Å². The fourth-order valence-corrected chi connectivity index (χ4v) is 3.68. The quantitative estimate of drug-likeness (QED) is 0.791. The highest BCUT2D eigenvalue weighted by molar-refractivity contribution is 5.54. The van der Waals surface area contributed by atoms with Crippen LogP contribution < -0.4 is 18.9 Å². The number of hydrogen-bond donors (Lipinski definition) is 0. The zero-order valence-electron chi connectivity index (χ0n) is 16.2. The van der Waals surface area contributed by atoms with Gasteiger partial charge in [-0.1, -0.05) is 6.07 Å². The van der Waals surface area contributed by atoms with E-state index in [2.05, 4.69) is 24.1 Å². The molecule has 0 N–H and O–H groups in total. The lowest BCUT2D eigenvalue weighted by atomic mass is 9.88. The van der Waals surface area contributed by atoms with E-state index in [-0.39, 0.29) is 0 Å². The van der Waals surface area contributed by atoms with Crippen molar-refractivity contribution in [3.63, 3.8) is 0 Å². The lowest BCUT2D eigenvalue weighted by Crippen LogP contribution is -2.33. The van der Waals surface area contributed by atoms with E-state index in [9.17, 15) is 0 Å². The van der Waals surface area contributed by atoms with Crippen LogP contribution in [-0.4, -0.2) is 46.9 Å². The van der Waals surface area contributed by atoms with Crippen LogP contribution in [0, 0.1) is 0 Å². The Bertz CT molecular complexity index is 750. The van der Waals surface area contributed by atoms with Crippen LogP contribution in [0.2, 0.25) is 0 Å². The van der Waals surface area contributed by atoms with Crippen LogP contribution in [-0.2, 0) is 12.8 Å². The molecule has 0 saturated heterocycles. The molecule has 0 saturated carbocycles. The van der Waals surface area contributed by atoms with E-state index in [1.165, 1.54) is 11.1 Å². The zero-order valence-corrected chi connectivity index (χ0v) is 16.2. The average Bonchev–Trinajstić information content (AvgIpc) is 2.68. The van der Waals surface area contributed by atoms with E-state index in [4.69, 9.17) is 18.9 Å². The summed E-state index contributed by atoms with van der Waals surface area (Å²) in [6.45, 7) is 1.02. The summed E-state index contributed by atoms with van der Waals surface area (Å²) in [5.41, 5.74) is 3.87. The second kappa shape index (κ2) is 7.87. The predicted molar refractivity (Wildman–Crippen MR) is 102 cm³/mol. The third-order valence-electron chi connectivity index (χ3n) is 5.13. The molecule has 1 aliphatic rings. The SMILES string of the molecule is COc1ccc2c(c1)CCN(C)C2Cc1cc(OC)c(OC)c(OC)c1. The van der Waals surface area contributed by atoms with E-state index in [0.717, 1.165) is 30.7 Å². The molecule has 0 amide bonds. The fraction of sp³-hybridized carbons (Fsp3) is 0.429. The van der Waals surface area contributed by atoms with Crippen molar-refractivity contribution in [2.24, 2.45) is 0 Å². The summed E-state index contributed by atoms with van der Waals surface area (Å²) in [5.74, 6) is 2.92. The molecule has 0 fully saturated rings. The summed E-state index contributed by atoms with van der Waals surface area (Å²) in [4.78, 5) is 2.40. The van der Waals surface area contributed by atoms with E-state index < -0.39 is 0 Å². The molecule has 1 heterocycles. The highest BCUT2D eigenvalue weighted by Crippen LogP contribution is 2.40. The molecule has 0 aromatic heterocycles. The summed E-state index contributed by atoms with van der Waals surface area (Å²) in [6.07, 6.45) is 1.90. The first-order chi connectivity index (χ1) is 12.6. The molecule has 5 nitrogen and oxygen atoms in total. The van der Waals surface area contributed by atoms with Gasteiger partial charge in [-0.25, -0.2) is 0 Å². The Hall–Kier alpha value is -2.40. The molecule has 2 aromatic rings. The molecule has 3 rings (SSSR count). The molecule has 1 aliphatic heterocycles. The van der Waals surface area contributed by atoms with Crippen molar-refractivity contribution in [1.82, 2.24) is 4.90 Å². The molecule has 0 spiro atoms. The van der Waals surface area contributed by atoms with Gasteiger partial charge in [0.05, 0.1) is 28.4 Å². The highest BCUT2D eigenvalue weighted by Gasteiger charge is 2.26. The van der Waals surface area contributed by atoms with E-state index in [1.807, 2.05) is 18.2 Å². The number of likely N-dealkylation sites (N-methyl/N-ethyl adjacent to an activating group) is 1. The summed E-state index contributed by atoms with van der Waals surface area (Å²) in [5, 5.41) is 0. The summed E-state index contributed by atoms with van der Waals surface area (Å²) in [6, 6.07) is 10.8. The Morgan fingerprint density at radius 2 is 1.62 bits per heavy atom. The molecule has 140 valence electrons. The van der Waals surface area contributed by atoms with Gasteiger partial charge in [-0.3, -0.25) is 4.90 Å². The standard InChI is InChI=1S/C21H27NO4/c1-22-9-8-15-13-16(23-2)6-7-17(15)18(22)10-14-11-19(24-3)21(26-5)20(12-14)25-4/h6-7,11-13,18H,8-10H2,1-5H3. The number of benzene rings is 2. The number of nitrogens with zero attached hydrogens (tertiary/aromatic N) is 1. The Morgan fingerprint density at radius 3 is 2.19 bits per heavy atom. The normalized spacial score (nSPS) is 16.7. The lowest BCUT2D eigenvalue weighted by Gasteiger charge is -2.35. The van der Waals surface area contributed by atoms with E-state index in [1.54, 1.807) is 28.4 Å². The number of rotatable bonds is 6. The zero-order chi connectivity index (χ0) is 18.7. The molecular weight excluding hydrogens is 330 g/mol. The van der Waals surface area contributed by atoms with Crippen molar-refractivity contribution >= 4 is 0 Å². The minimum absolute atomic E-state index is 0.299. The third kappa shape index (κ3) is 3.44.